The number of aryl methyl sites for hydroxylation is 1. The molecule has 18 heavy (non-hydrogen) atoms. The molecule has 1 heterocycles. The van der Waals surface area contributed by atoms with Gasteiger partial charge in [0.15, 0.2) is 5.58 Å². The molecule has 0 radical (unpaired) electrons. The standard InChI is InChI=1S/C14H11IN2O/c1-8-2-3-9(6-11(8)15)14-17-12-5-4-10(16)7-13(12)18-14/h2-7H,16H2,1H3. The van der Waals surface area contributed by atoms with Crippen molar-refractivity contribution in [2.24, 2.45) is 0 Å². The third-order valence-electron chi connectivity index (χ3n) is 2.83. The third kappa shape index (κ3) is 1.96. The number of hydrogen-bond acceptors (Lipinski definition) is 3. The minimum absolute atomic E-state index is 0.633. The van der Waals surface area contributed by atoms with Crippen LogP contribution < -0.4 is 5.73 Å². The Kier molecular flexibility index (Phi) is 2.74. The van der Waals surface area contributed by atoms with E-state index in [0.717, 1.165) is 16.7 Å². The molecule has 0 saturated heterocycles. The van der Waals surface area contributed by atoms with Crippen molar-refractivity contribution < 1.29 is 4.42 Å². The van der Waals surface area contributed by atoms with E-state index in [1.165, 1.54) is 9.13 Å². The first kappa shape index (κ1) is 11.5. The highest BCUT2D eigenvalue weighted by molar-refractivity contribution is 14.1. The molecular weight excluding hydrogens is 339 g/mol. The lowest BCUT2D eigenvalue weighted by Crippen LogP contribution is -1.83. The summed E-state index contributed by atoms with van der Waals surface area (Å²) in [5, 5.41) is 0. The number of nitrogens with zero attached hydrogens (tertiary/aromatic N) is 1. The highest BCUT2D eigenvalue weighted by Gasteiger charge is 2.09. The highest BCUT2D eigenvalue weighted by Crippen LogP contribution is 2.27. The second-order valence-electron chi connectivity index (χ2n) is 4.21. The number of anilines is 1. The van der Waals surface area contributed by atoms with Gasteiger partial charge in [0.2, 0.25) is 5.89 Å². The van der Waals surface area contributed by atoms with Crippen LogP contribution in [0.3, 0.4) is 0 Å². The van der Waals surface area contributed by atoms with Gasteiger partial charge in [-0.3, -0.25) is 0 Å². The SMILES string of the molecule is Cc1ccc(-c2nc3ccc(N)cc3o2)cc1I. The number of hydrogen-bond donors (Lipinski definition) is 1. The molecule has 0 aliphatic heterocycles. The van der Waals surface area contributed by atoms with Crippen molar-refractivity contribution in [2.75, 3.05) is 5.73 Å². The zero-order valence-electron chi connectivity index (χ0n) is 9.77. The first-order valence-electron chi connectivity index (χ1n) is 5.56. The van der Waals surface area contributed by atoms with Crippen molar-refractivity contribution in [3.63, 3.8) is 0 Å². The van der Waals surface area contributed by atoms with Crippen molar-refractivity contribution in [1.82, 2.24) is 4.98 Å². The van der Waals surface area contributed by atoms with E-state index >= 15 is 0 Å². The monoisotopic (exact) mass is 350 g/mol. The molecular formula is C14H11IN2O. The molecule has 0 spiro atoms. The van der Waals surface area contributed by atoms with E-state index in [4.69, 9.17) is 10.2 Å². The Morgan fingerprint density at radius 3 is 2.78 bits per heavy atom. The van der Waals surface area contributed by atoms with Gasteiger partial charge in [-0.25, -0.2) is 4.98 Å². The van der Waals surface area contributed by atoms with Crippen LogP contribution in [-0.4, -0.2) is 4.98 Å². The number of fused-ring (bicyclic) bond motifs is 1. The molecule has 0 atom stereocenters. The van der Waals surface area contributed by atoms with Crippen molar-refractivity contribution >= 4 is 39.4 Å². The normalized spacial score (nSPS) is 11.0. The maximum absolute atomic E-state index is 5.74. The summed E-state index contributed by atoms with van der Waals surface area (Å²) in [5.41, 5.74) is 10.2. The largest absolute Gasteiger partial charge is 0.436 e. The van der Waals surface area contributed by atoms with Gasteiger partial charge in [0, 0.05) is 20.9 Å². The van der Waals surface area contributed by atoms with Gasteiger partial charge in [0.25, 0.3) is 0 Å². The van der Waals surface area contributed by atoms with Crippen molar-refractivity contribution in [1.29, 1.82) is 0 Å². The van der Waals surface area contributed by atoms with Gasteiger partial charge in [0.1, 0.15) is 5.52 Å². The Bertz CT molecular complexity index is 734. The Balaban J connectivity index is 2.16. The van der Waals surface area contributed by atoms with Gasteiger partial charge < -0.3 is 10.2 Å². The quantitative estimate of drug-likeness (QED) is 0.533. The average Bonchev–Trinajstić information content (AvgIpc) is 2.75. The molecule has 0 saturated carbocycles. The fourth-order valence-corrected chi connectivity index (χ4v) is 2.31. The molecule has 0 aliphatic carbocycles. The summed E-state index contributed by atoms with van der Waals surface area (Å²) in [6, 6.07) is 11.7. The van der Waals surface area contributed by atoms with Crippen LogP contribution in [-0.2, 0) is 0 Å². The Morgan fingerprint density at radius 2 is 2.00 bits per heavy atom. The Hall–Kier alpha value is -1.56. The fourth-order valence-electron chi connectivity index (χ4n) is 1.79. The summed E-state index contributed by atoms with van der Waals surface area (Å²) in [5.74, 6) is 0.633. The van der Waals surface area contributed by atoms with E-state index in [1.807, 2.05) is 18.2 Å². The van der Waals surface area contributed by atoms with Gasteiger partial charge in [-0.2, -0.15) is 0 Å². The molecule has 0 bridgehead atoms. The second-order valence-corrected chi connectivity index (χ2v) is 5.37. The third-order valence-corrected chi connectivity index (χ3v) is 3.99. The minimum Gasteiger partial charge on any atom is -0.436 e. The van der Waals surface area contributed by atoms with Crippen LogP contribution in [0.4, 0.5) is 5.69 Å². The number of rotatable bonds is 1. The maximum Gasteiger partial charge on any atom is 0.227 e. The second kappa shape index (κ2) is 4.28. The zero-order valence-corrected chi connectivity index (χ0v) is 11.9. The lowest BCUT2D eigenvalue weighted by atomic mass is 10.1. The number of halogens is 1. The number of aromatic nitrogens is 1. The fraction of sp³-hybridized carbons (Fsp3) is 0.0714. The summed E-state index contributed by atoms with van der Waals surface area (Å²) in [7, 11) is 0. The van der Waals surface area contributed by atoms with Crippen LogP contribution in [0.5, 0.6) is 0 Å². The van der Waals surface area contributed by atoms with Crippen LogP contribution >= 0.6 is 22.6 Å². The molecule has 0 unspecified atom stereocenters. The first-order valence-corrected chi connectivity index (χ1v) is 6.64. The molecule has 3 nitrogen and oxygen atoms in total. The van der Waals surface area contributed by atoms with E-state index < -0.39 is 0 Å². The van der Waals surface area contributed by atoms with E-state index in [1.54, 1.807) is 6.07 Å². The van der Waals surface area contributed by atoms with E-state index in [-0.39, 0.29) is 0 Å². The molecule has 2 aromatic carbocycles. The Morgan fingerprint density at radius 1 is 1.17 bits per heavy atom. The molecule has 3 aromatic rings. The number of nitrogens with two attached hydrogens (primary N) is 1. The summed E-state index contributed by atoms with van der Waals surface area (Å²) in [4.78, 5) is 4.47. The lowest BCUT2D eigenvalue weighted by molar-refractivity contribution is 0.620. The van der Waals surface area contributed by atoms with Crippen LogP contribution in [0.15, 0.2) is 40.8 Å². The van der Waals surface area contributed by atoms with E-state index in [9.17, 15) is 0 Å². The number of oxazole rings is 1. The van der Waals surface area contributed by atoms with Crippen LogP contribution in [0.2, 0.25) is 0 Å². The molecule has 0 aliphatic rings. The number of benzene rings is 2. The lowest BCUT2D eigenvalue weighted by Gasteiger charge is -1.99. The molecule has 0 fully saturated rings. The molecule has 0 amide bonds. The topological polar surface area (TPSA) is 52.0 Å². The molecule has 2 N–H and O–H groups in total. The van der Waals surface area contributed by atoms with Crippen molar-refractivity contribution in [3.05, 3.63) is 45.5 Å². The predicted octanol–water partition coefficient (Wildman–Crippen LogP) is 3.99. The zero-order chi connectivity index (χ0) is 12.7. The van der Waals surface area contributed by atoms with Gasteiger partial charge >= 0.3 is 0 Å². The van der Waals surface area contributed by atoms with Crippen molar-refractivity contribution in [3.8, 4) is 11.5 Å². The molecule has 3 rings (SSSR count). The summed E-state index contributed by atoms with van der Waals surface area (Å²) in [6.45, 7) is 2.08. The smallest absolute Gasteiger partial charge is 0.227 e. The van der Waals surface area contributed by atoms with E-state index in [0.29, 0.717) is 11.6 Å². The summed E-state index contributed by atoms with van der Waals surface area (Å²) in [6.07, 6.45) is 0. The van der Waals surface area contributed by atoms with Gasteiger partial charge in [-0.1, -0.05) is 6.07 Å². The molecule has 1 aromatic heterocycles. The predicted molar refractivity (Wildman–Crippen MR) is 81.3 cm³/mol. The summed E-state index contributed by atoms with van der Waals surface area (Å²) < 4.78 is 6.94. The van der Waals surface area contributed by atoms with Crippen LogP contribution in [0.25, 0.3) is 22.6 Å². The van der Waals surface area contributed by atoms with Crippen LogP contribution in [0.1, 0.15) is 5.56 Å². The Labute approximate surface area is 118 Å². The number of nitrogen functional groups attached to an aromatic ring is 1. The van der Waals surface area contributed by atoms with Gasteiger partial charge in [-0.05, 0) is 59.3 Å². The maximum atomic E-state index is 5.74. The van der Waals surface area contributed by atoms with Crippen LogP contribution in [0, 0.1) is 10.5 Å². The van der Waals surface area contributed by atoms with Gasteiger partial charge in [-0.15, -0.1) is 0 Å². The summed E-state index contributed by atoms with van der Waals surface area (Å²) >= 11 is 2.31. The highest BCUT2D eigenvalue weighted by atomic mass is 127. The van der Waals surface area contributed by atoms with Gasteiger partial charge in [0.05, 0.1) is 0 Å². The minimum atomic E-state index is 0.633. The van der Waals surface area contributed by atoms with Crippen molar-refractivity contribution in [2.45, 2.75) is 6.92 Å². The molecule has 4 heteroatoms. The average molecular weight is 350 g/mol. The van der Waals surface area contributed by atoms with E-state index in [2.05, 4.69) is 46.6 Å². The molecule has 90 valence electrons. The first-order chi connectivity index (χ1) is 8.63.